The van der Waals surface area contributed by atoms with Crippen LogP contribution in [0.4, 0.5) is 0 Å². The van der Waals surface area contributed by atoms with Gasteiger partial charge in [-0.05, 0) is 5.56 Å². The van der Waals surface area contributed by atoms with E-state index in [1.54, 1.807) is 0 Å². The number of ether oxygens (including phenoxy) is 3. The van der Waals surface area contributed by atoms with E-state index in [4.69, 9.17) is 24.0 Å². The summed E-state index contributed by atoms with van der Waals surface area (Å²) in [4.78, 5) is 67.5. The Morgan fingerprint density at radius 2 is 1.76 bits per heavy atom. The Morgan fingerprint density at radius 3 is 2.36 bits per heavy atom. The molecular weight excluding hydrogens is 652 g/mol. The van der Waals surface area contributed by atoms with Crippen LogP contribution in [0.15, 0.2) is 52.2 Å². The van der Waals surface area contributed by atoms with Gasteiger partial charge in [-0.2, -0.15) is 0 Å². The number of carbonyl (C=O) groups is 1. The first-order chi connectivity index (χ1) is 21.0. The summed E-state index contributed by atoms with van der Waals surface area (Å²) in [5.41, 5.74) is -6.88. The quantitative estimate of drug-likeness (QED) is 0.103. The number of nitrogens with zero attached hydrogens (tertiary/aromatic N) is 1. The predicted octanol–water partition coefficient (Wildman–Crippen LogP) is -3.52. The van der Waals surface area contributed by atoms with Crippen LogP contribution in [0.5, 0.6) is 0 Å². The van der Waals surface area contributed by atoms with Gasteiger partial charge in [-0.15, -0.1) is 0 Å². The number of phosphoric acid groups is 1. The Kier molecular flexibility index (Phi) is 10.6. The average molecular weight is 683 g/mol. The van der Waals surface area contributed by atoms with Gasteiger partial charge in [0.1, 0.15) is 24.4 Å². The highest BCUT2D eigenvalue weighted by Gasteiger charge is 2.54. The van der Waals surface area contributed by atoms with Crippen molar-refractivity contribution in [3.05, 3.63) is 69.0 Å². The first-order valence-corrected chi connectivity index (χ1v) is 16.2. The molecule has 1 aromatic heterocycles. The maximum absolute atomic E-state index is 13.4. The number of hydrogen-bond acceptors (Lipinski definition) is 14. The third kappa shape index (κ3) is 7.84. The van der Waals surface area contributed by atoms with Crippen LogP contribution in [0.1, 0.15) is 23.9 Å². The maximum Gasteiger partial charge on any atom is 0.476 e. The molecule has 0 bridgehead atoms. The van der Waals surface area contributed by atoms with Gasteiger partial charge in [-0.3, -0.25) is 23.7 Å². The van der Waals surface area contributed by atoms with Gasteiger partial charge in [-0.25, -0.2) is 13.7 Å². The molecule has 20 nitrogen and oxygen atoms in total. The zero-order valence-electron chi connectivity index (χ0n) is 22.9. The highest BCUT2D eigenvalue weighted by molar-refractivity contribution is 7.64. The molecule has 45 heavy (non-hydrogen) atoms. The molecule has 2 fully saturated rings. The highest BCUT2D eigenvalue weighted by Crippen LogP contribution is 2.65. The van der Waals surface area contributed by atoms with E-state index in [0.717, 1.165) is 29.0 Å². The molecule has 2 saturated heterocycles. The lowest BCUT2D eigenvalue weighted by molar-refractivity contribution is -0.314. The van der Waals surface area contributed by atoms with E-state index >= 15 is 0 Å². The van der Waals surface area contributed by atoms with Crippen LogP contribution in [-0.4, -0.2) is 111 Å². The largest absolute Gasteiger partial charge is 0.476 e. The van der Waals surface area contributed by atoms with Crippen molar-refractivity contribution >= 4 is 21.3 Å². The van der Waals surface area contributed by atoms with E-state index in [0.29, 0.717) is 0 Å². The van der Waals surface area contributed by atoms with Crippen LogP contribution in [0.25, 0.3) is 0 Å². The first-order valence-electron chi connectivity index (χ1n) is 13.0. The molecule has 0 radical (unpaired) electrons. The summed E-state index contributed by atoms with van der Waals surface area (Å²) in [6.07, 6.45) is -11.0. The van der Waals surface area contributed by atoms with Gasteiger partial charge < -0.3 is 59.7 Å². The van der Waals surface area contributed by atoms with Gasteiger partial charge in [0.05, 0.1) is 19.3 Å². The molecule has 0 spiro atoms. The van der Waals surface area contributed by atoms with Crippen LogP contribution in [-0.2, 0) is 32.4 Å². The second kappa shape index (κ2) is 13.6. The highest BCUT2D eigenvalue weighted by atomic mass is 31.3. The average Bonchev–Trinajstić information content (AvgIpc) is 3.22. The summed E-state index contributed by atoms with van der Waals surface area (Å²) in [5.74, 6) is -1.52. The zero-order valence-corrected chi connectivity index (χ0v) is 24.7. The number of rotatable bonds is 11. The molecule has 2 unspecified atom stereocenters. The van der Waals surface area contributed by atoms with Crippen LogP contribution < -0.4 is 16.6 Å². The number of nitrogens with one attached hydrogen (secondary N) is 2. The summed E-state index contributed by atoms with van der Waals surface area (Å²) < 4.78 is 45.8. The lowest BCUT2D eigenvalue weighted by Crippen LogP contribution is -2.69. The van der Waals surface area contributed by atoms with Gasteiger partial charge in [0, 0.05) is 18.7 Å². The second-order valence-electron chi connectivity index (χ2n) is 10.2. The van der Waals surface area contributed by atoms with E-state index < -0.39 is 107 Å². The number of H-pyrrole nitrogens is 1. The number of aromatic nitrogens is 2. The predicted molar refractivity (Wildman–Crippen MR) is 145 cm³/mol. The zero-order chi connectivity index (χ0) is 33.3. The van der Waals surface area contributed by atoms with Crippen molar-refractivity contribution in [2.75, 3.05) is 13.2 Å². The minimum absolute atomic E-state index is 0.261. The van der Waals surface area contributed by atoms with Gasteiger partial charge in [-0.1, -0.05) is 30.3 Å². The van der Waals surface area contributed by atoms with Crippen molar-refractivity contribution in [3.63, 3.8) is 0 Å². The number of amides is 1. The minimum atomic E-state index is -5.63. The summed E-state index contributed by atoms with van der Waals surface area (Å²) in [6.45, 7) is -1.86. The Hall–Kier alpha value is -2.65. The van der Waals surface area contributed by atoms with Crippen LogP contribution in [0.3, 0.4) is 0 Å². The lowest BCUT2D eigenvalue weighted by atomic mass is 9.95. The number of aliphatic hydroxyl groups excluding tert-OH is 5. The molecule has 0 saturated carbocycles. The van der Waals surface area contributed by atoms with Crippen molar-refractivity contribution in [1.82, 2.24) is 14.9 Å². The molecule has 3 heterocycles. The van der Waals surface area contributed by atoms with E-state index in [1.807, 2.05) is 10.3 Å². The SMILES string of the molecule is O=C(N[C@]1(CO)O[C@H](OC[C@H]2O[C@@H](n3ccc(=O)[nH]c3=O)[C@H](O)[C@@H]2O)C[C@@H](O)[C@@H]1O)C(c1ccccc1)P(=O)(O)OP(=O)(O)O. The molecule has 1 amide bonds. The molecule has 22 heteroatoms. The van der Waals surface area contributed by atoms with E-state index in [9.17, 15) is 53.9 Å². The molecule has 0 aliphatic carbocycles. The topological polar surface area (TPSA) is 317 Å². The third-order valence-corrected chi connectivity index (χ3v) is 9.98. The number of hydrogen-bond donors (Lipinski definition) is 10. The Balaban J connectivity index is 1.53. The standard InChI is InChI=1S/C23H31N3O17P2/c27-10-23(25-20(33)18(11-4-2-1-3-5-11)44(35,36)43-45(37,38)39)19(32)12(28)8-15(42-23)40-9-13-16(30)17(31)21(41-13)26-7-6-14(29)24-22(26)34/h1-7,12-13,15-19,21,27-28,30-32H,8-10H2,(H,25,33)(H,35,36)(H,24,29,34)(H2,37,38,39)/t12-,13-,15+,16-,17-,18?,19+,21-,23-/m1/s1. The van der Waals surface area contributed by atoms with Gasteiger partial charge in [0.15, 0.2) is 23.9 Å². The first kappa shape index (κ1) is 35.2. The fourth-order valence-corrected chi connectivity index (χ4v) is 7.40. The van der Waals surface area contributed by atoms with Crippen LogP contribution >= 0.6 is 15.4 Å². The summed E-state index contributed by atoms with van der Waals surface area (Å²) in [7, 11) is -11.2. The molecule has 1 aromatic carbocycles. The molecule has 250 valence electrons. The van der Waals surface area contributed by atoms with Crippen LogP contribution in [0, 0.1) is 0 Å². The summed E-state index contributed by atoms with van der Waals surface area (Å²) in [6, 6.07) is 7.45. The summed E-state index contributed by atoms with van der Waals surface area (Å²) in [5, 5.41) is 54.3. The van der Waals surface area contributed by atoms with E-state index in [2.05, 4.69) is 4.31 Å². The van der Waals surface area contributed by atoms with Crippen molar-refractivity contribution < 1.29 is 72.7 Å². The maximum atomic E-state index is 13.4. The molecule has 10 atom stereocenters. The Morgan fingerprint density at radius 1 is 1.09 bits per heavy atom. The molecule has 10 N–H and O–H groups in total. The van der Waals surface area contributed by atoms with Crippen molar-refractivity contribution in [2.45, 2.75) is 60.8 Å². The van der Waals surface area contributed by atoms with E-state index in [-0.39, 0.29) is 5.56 Å². The van der Waals surface area contributed by atoms with Gasteiger partial charge in [0.25, 0.3) is 5.56 Å². The van der Waals surface area contributed by atoms with E-state index in [1.165, 1.54) is 18.2 Å². The van der Waals surface area contributed by atoms with Gasteiger partial charge >= 0.3 is 21.1 Å². The Labute approximate surface area is 252 Å². The fraction of sp³-hybridized carbons (Fsp3) is 0.522. The number of benzene rings is 1. The molecule has 2 aliphatic rings. The molecule has 2 aliphatic heterocycles. The fourth-order valence-electron chi connectivity index (χ4n) is 4.89. The molecular formula is C23H31N3O17P2. The number of carbonyl (C=O) groups excluding carboxylic acids is 1. The smallest absolute Gasteiger partial charge is 0.391 e. The Bertz CT molecular complexity index is 1570. The lowest BCUT2D eigenvalue weighted by Gasteiger charge is -2.46. The minimum Gasteiger partial charge on any atom is -0.391 e. The van der Waals surface area contributed by atoms with Crippen molar-refractivity contribution in [2.24, 2.45) is 0 Å². The van der Waals surface area contributed by atoms with Gasteiger partial charge in [0.2, 0.25) is 5.91 Å². The number of aliphatic hydroxyl groups is 5. The normalized spacial score (nSPS) is 32.5. The third-order valence-electron chi connectivity index (χ3n) is 7.01. The van der Waals surface area contributed by atoms with Crippen molar-refractivity contribution in [3.8, 4) is 0 Å². The monoisotopic (exact) mass is 683 g/mol. The second-order valence-corrected chi connectivity index (χ2v) is 13.5. The number of aromatic amines is 1. The van der Waals surface area contributed by atoms with Crippen LogP contribution in [0.2, 0.25) is 0 Å². The molecule has 4 rings (SSSR count). The molecule has 2 aromatic rings. The summed E-state index contributed by atoms with van der Waals surface area (Å²) >= 11 is 0. The van der Waals surface area contributed by atoms with Crippen molar-refractivity contribution in [1.29, 1.82) is 0 Å².